The first kappa shape index (κ1) is 13.0. The summed E-state index contributed by atoms with van der Waals surface area (Å²) in [7, 11) is 0. The van der Waals surface area contributed by atoms with Gasteiger partial charge in [-0.3, -0.25) is 0 Å². The summed E-state index contributed by atoms with van der Waals surface area (Å²) >= 11 is 1.44. The number of nitrogens with zero attached hydrogens (tertiary/aromatic N) is 2. The fraction of sp³-hybridized carbons (Fsp3) is 0.750. The molecule has 3 heteroatoms. The maximum absolute atomic E-state index is 4.53. The predicted molar refractivity (Wildman–Crippen MR) is 63.5 cm³/mol. The van der Waals surface area contributed by atoms with Crippen molar-refractivity contribution in [2.45, 2.75) is 52.4 Å². The van der Waals surface area contributed by atoms with Crippen molar-refractivity contribution in [3.05, 3.63) is 0 Å². The van der Waals surface area contributed by atoms with Crippen LogP contribution in [0.4, 0.5) is 0 Å². The molecule has 2 nitrogen and oxygen atoms in total. The van der Waals surface area contributed by atoms with Crippen LogP contribution in [0.2, 0.25) is 0 Å². The topological polar surface area (TPSA) is 24.7 Å². The first-order valence-corrected chi connectivity index (χ1v) is 7.26. The van der Waals surface area contributed by atoms with Gasteiger partial charge in [-0.1, -0.05) is 0 Å². The molecule has 1 aliphatic rings. The van der Waals surface area contributed by atoms with Crippen LogP contribution in [0.25, 0.3) is 0 Å². The van der Waals surface area contributed by atoms with Crippen molar-refractivity contribution in [3.63, 3.8) is 0 Å². The summed E-state index contributed by atoms with van der Waals surface area (Å²) in [6.07, 6.45) is 9.89. The zero-order valence-electron chi connectivity index (χ0n) is 9.70. The van der Waals surface area contributed by atoms with E-state index in [1.807, 2.05) is 13.1 Å². The van der Waals surface area contributed by atoms with Gasteiger partial charge < -0.3 is 0 Å². The summed E-state index contributed by atoms with van der Waals surface area (Å²) in [6.45, 7) is 4.04. The maximum atomic E-state index is 4.53. The van der Waals surface area contributed by atoms with E-state index in [9.17, 15) is 0 Å². The molecule has 1 saturated carbocycles. The van der Waals surface area contributed by atoms with Crippen molar-refractivity contribution in [3.8, 4) is 0 Å². The molecule has 0 radical (unpaired) electrons. The summed E-state index contributed by atoms with van der Waals surface area (Å²) in [5.74, 6) is 1.87. The van der Waals surface area contributed by atoms with Crippen LogP contribution in [0.3, 0.4) is 0 Å². The SMILES string of the molecule is CC=NC(CC1CCCCC1)=N[C](C)=[W]. The Bertz CT molecular complexity index is 263. The number of hydrogen-bond acceptors (Lipinski definition) is 1. The van der Waals surface area contributed by atoms with Gasteiger partial charge in [0.1, 0.15) is 0 Å². The van der Waals surface area contributed by atoms with E-state index in [1.165, 1.54) is 55.5 Å². The molecule has 0 spiro atoms. The van der Waals surface area contributed by atoms with Crippen LogP contribution in [0.15, 0.2) is 9.98 Å². The molecular formula is C12H20N2W. The third-order valence-electron chi connectivity index (χ3n) is 2.76. The molecule has 0 aromatic rings. The van der Waals surface area contributed by atoms with Crippen molar-refractivity contribution in [1.82, 2.24) is 0 Å². The van der Waals surface area contributed by atoms with Gasteiger partial charge in [0.15, 0.2) is 0 Å². The van der Waals surface area contributed by atoms with Gasteiger partial charge in [0.25, 0.3) is 0 Å². The van der Waals surface area contributed by atoms with Crippen LogP contribution in [-0.2, 0) is 19.4 Å². The van der Waals surface area contributed by atoms with E-state index >= 15 is 0 Å². The number of rotatable bonds is 3. The Kier molecular flexibility index (Phi) is 6.24. The average Bonchev–Trinajstić information content (AvgIpc) is 2.18. The summed E-state index contributed by atoms with van der Waals surface area (Å²) in [4.78, 5) is 8.91. The molecule has 0 atom stereocenters. The summed E-state index contributed by atoms with van der Waals surface area (Å²) < 4.78 is 1.19. The third kappa shape index (κ3) is 5.51. The zero-order chi connectivity index (χ0) is 11.1. The van der Waals surface area contributed by atoms with Crippen LogP contribution in [0.5, 0.6) is 0 Å². The molecule has 0 heterocycles. The van der Waals surface area contributed by atoms with E-state index in [-0.39, 0.29) is 0 Å². The van der Waals surface area contributed by atoms with Crippen molar-refractivity contribution in [1.29, 1.82) is 0 Å². The first-order chi connectivity index (χ1) is 7.22. The summed E-state index contributed by atoms with van der Waals surface area (Å²) in [5.41, 5.74) is 0. The molecule has 0 N–H and O–H groups in total. The van der Waals surface area contributed by atoms with E-state index in [1.54, 1.807) is 0 Å². The molecule has 0 saturated heterocycles. The fourth-order valence-electron chi connectivity index (χ4n) is 2.11. The van der Waals surface area contributed by atoms with Crippen LogP contribution in [0.1, 0.15) is 52.4 Å². The van der Waals surface area contributed by atoms with E-state index in [0.29, 0.717) is 0 Å². The average molecular weight is 376 g/mol. The monoisotopic (exact) mass is 376 g/mol. The Morgan fingerprint density at radius 1 is 1.33 bits per heavy atom. The van der Waals surface area contributed by atoms with Crippen molar-refractivity contribution < 1.29 is 19.4 Å². The number of aliphatic imine (C=N–C) groups is 2. The summed E-state index contributed by atoms with van der Waals surface area (Å²) in [6, 6.07) is 0. The van der Waals surface area contributed by atoms with Gasteiger partial charge in [-0.2, -0.15) is 0 Å². The fourth-order valence-corrected chi connectivity index (χ4v) is 2.49. The van der Waals surface area contributed by atoms with E-state index < -0.39 is 0 Å². The minimum atomic E-state index is 0.829. The molecule has 0 aliphatic heterocycles. The number of amidine groups is 1. The molecule has 1 fully saturated rings. The molecular weight excluding hydrogens is 356 g/mol. The Morgan fingerprint density at radius 3 is 2.53 bits per heavy atom. The quantitative estimate of drug-likeness (QED) is 0.534. The van der Waals surface area contributed by atoms with Crippen LogP contribution in [0, 0.1) is 5.92 Å². The van der Waals surface area contributed by atoms with Gasteiger partial charge in [0.05, 0.1) is 0 Å². The molecule has 0 amide bonds. The van der Waals surface area contributed by atoms with Gasteiger partial charge in [-0.05, 0) is 0 Å². The van der Waals surface area contributed by atoms with Gasteiger partial charge in [0.2, 0.25) is 0 Å². The van der Waals surface area contributed by atoms with Crippen LogP contribution < -0.4 is 0 Å². The second kappa shape index (κ2) is 7.22. The first-order valence-electron chi connectivity index (χ1n) is 5.79. The normalized spacial score (nSPS) is 19.7. The standard InChI is InChI=1S/C12H20N2.W/c1-3-13-12(14-4-2)10-11-8-6-5-7-9-11;/h3,11H,5-10H2,1-2H3;. The molecule has 84 valence electrons. The molecule has 0 aromatic carbocycles. The van der Waals surface area contributed by atoms with Crippen molar-refractivity contribution >= 4 is 16.1 Å². The molecule has 15 heavy (non-hydrogen) atoms. The summed E-state index contributed by atoms with van der Waals surface area (Å²) in [5, 5.41) is 0. The molecule has 0 aromatic heterocycles. The third-order valence-corrected chi connectivity index (χ3v) is 3.09. The Labute approximate surface area is 104 Å². The second-order valence-corrected chi connectivity index (χ2v) is 6.27. The van der Waals surface area contributed by atoms with Crippen molar-refractivity contribution in [2.24, 2.45) is 15.9 Å². The van der Waals surface area contributed by atoms with Gasteiger partial charge in [-0.25, -0.2) is 0 Å². The molecule has 0 bridgehead atoms. The molecule has 0 unspecified atom stereocenters. The van der Waals surface area contributed by atoms with E-state index in [2.05, 4.69) is 16.9 Å². The number of hydrogen-bond donors (Lipinski definition) is 0. The minimum absolute atomic E-state index is 0.829. The Hall–Kier alpha value is -0.102. The van der Waals surface area contributed by atoms with Crippen molar-refractivity contribution in [2.75, 3.05) is 0 Å². The van der Waals surface area contributed by atoms with E-state index in [0.717, 1.165) is 18.2 Å². The van der Waals surface area contributed by atoms with Gasteiger partial charge in [0, 0.05) is 0 Å². The molecule has 1 aliphatic carbocycles. The Morgan fingerprint density at radius 2 is 2.00 bits per heavy atom. The van der Waals surface area contributed by atoms with Gasteiger partial charge >= 0.3 is 104 Å². The molecule has 1 rings (SSSR count). The zero-order valence-corrected chi connectivity index (χ0v) is 12.6. The van der Waals surface area contributed by atoms with E-state index in [4.69, 9.17) is 0 Å². The second-order valence-electron chi connectivity index (χ2n) is 4.14. The van der Waals surface area contributed by atoms with Crippen LogP contribution in [-0.4, -0.2) is 16.1 Å². The Balaban J connectivity index is 2.53. The predicted octanol–water partition coefficient (Wildman–Crippen LogP) is 3.14. The van der Waals surface area contributed by atoms with Crippen LogP contribution >= 0.6 is 0 Å². The van der Waals surface area contributed by atoms with Gasteiger partial charge in [-0.15, -0.1) is 0 Å².